The number of furan rings is 1. The highest BCUT2D eigenvalue weighted by Gasteiger charge is 2.20. The Hall–Kier alpha value is -8.66. The molecular formula is C62H42N2O. The SMILES string of the molecule is c1ccc(-c2ccc(N(c3ccc(-c4ccccc4)cc3)c3ccc(-c4ccc(N(c5ccc6c(c5)oc5ccccc56)c5cc6ccccc6c6ccccc56)cc4)cc3)cc2)cc1. The van der Waals surface area contributed by atoms with Gasteiger partial charge in [-0.15, -0.1) is 0 Å². The second-order valence-electron chi connectivity index (χ2n) is 16.5. The van der Waals surface area contributed by atoms with Gasteiger partial charge >= 0.3 is 0 Å². The minimum atomic E-state index is 0.865. The van der Waals surface area contributed by atoms with Crippen molar-refractivity contribution in [1.29, 1.82) is 0 Å². The Kier molecular flexibility index (Phi) is 9.50. The first-order chi connectivity index (χ1) is 32.2. The van der Waals surface area contributed by atoms with Gasteiger partial charge in [-0.1, -0.05) is 176 Å². The minimum absolute atomic E-state index is 0.865. The molecule has 0 spiro atoms. The highest BCUT2D eigenvalue weighted by Crippen LogP contribution is 2.44. The van der Waals surface area contributed by atoms with E-state index in [4.69, 9.17) is 4.42 Å². The van der Waals surface area contributed by atoms with Crippen molar-refractivity contribution in [2.75, 3.05) is 9.80 Å². The van der Waals surface area contributed by atoms with Gasteiger partial charge in [0, 0.05) is 50.7 Å². The first-order valence-corrected chi connectivity index (χ1v) is 22.2. The molecule has 0 radical (unpaired) electrons. The van der Waals surface area contributed by atoms with E-state index in [-0.39, 0.29) is 0 Å². The van der Waals surface area contributed by atoms with E-state index in [1.54, 1.807) is 0 Å². The number of benzene rings is 11. The highest BCUT2D eigenvalue weighted by molar-refractivity contribution is 6.15. The molecule has 0 atom stereocenters. The monoisotopic (exact) mass is 830 g/mol. The molecule has 12 aromatic rings. The first kappa shape index (κ1) is 38.0. The standard InChI is InChI=1S/C62H42N2O/c1-3-13-43(14-4-1)45-23-31-50(32-24-45)63(51-33-25-46(26-34-51)44-15-5-2-6-16-44)52-35-27-47(28-36-52)48-29-37-53(38-30-48)64(54-39-40-59-58-21-11-12-22-61(58)65-62(59)42-54)60-41-49-17-7-8-18-55(49)56-19-9-10-20-57(56)60/h1-42H. The van der Waals surface area contributed by atoms with Crippen molar-refractivity contribution >= 4 is 77.6 Å². The Morgan fingerprint density at radius 3 is 1.15 bits per heavy atom. The fourth-order valence-corrected chi connectivity index (χ4v) is 9.42. The third kappa shape index (κ3) is 7.06. The third-order valence-electron chi connectivity index (χ3n) is 12.7. The molecule has 0 amide bonds. The van der Waals surface area contributed by atoms with Gasteiger partial charge in [0.2, 0.25) is 0 Å². The van der Waals surface area contributed by atoms with E-state index in [1.165, 1.54) is 43.8 Å². The Morgan fingerprint density at radius 1 is 0.231 bits per heavy atom. The maximum atomic E-state index is 6.45. The number of nitrogens with zero attached hydrogens (tertiary/aromatic N) is 2. The largest absolute Gasteiger partial charge is 0.456 e. The predicted molar refractivity (Wildman–Crippen MR) is 274 cm³/mol. The number of fused-ring (bicyclic) bond motifs is 6. The Balaban J connectivity index is 0.920. The van der Waals surface area contributed by atoms with Crippen molar-refractivity contribution in [3.63, 3.8) is 0 Å². The summed E-state index contributed by atoms with van der Waals surface area (Å²) >= 11 is 0. The van der Waals surface area contributed by atoms with Crippen LogP contribution in [0, 0.1) is 0 Å². The van der Waals surface area contributed by atoms with Gasteiger partial charge < -0.3 is 14.2 Å². The first-order valence-electron chi connectivity index (χ1n) is 22.2. The zero-order chi connectivity index (χ0) is 43.1. The fourth-order valence-electron chi connectivity index (χ4n) is 9.42. The van der Waals surface area contributed by atoms with Crippen molar-refractivity contribution in [2.24, 2.45) is 0 Å². The molecule has 306 valence electrons. The third-order valence-corrected chi connectivity index (χ3v) is 12.7. The summed E-state index contributed by atoms with van der Waals surface area (Å²) in [5, 5.41) is 7.08. The molecule has 0 aliphatic heterocycles. The summed E-state index contributed by atoms with van der Waals surface area (Å²) in [5.74, 6) is 0. The molecule has 0 saturated carbocycles. The molecule has 0 bridgehead atoms. The van der Waals surface area contributed by atoms with Crippen LogP contribution >= 0.6 is 0 Å². The van der Waals surface area contributed by atoms with Crippen LogP contribution in [0.25, 0.3) is 76.9 Å². The summed E-state index contributed by atoms with van der Waals surface area (Å²) in [6, 6.07) is 91.3. The van der Waals surface area contributed by atoms with Gasteiger partial charge in [-0.3, -0.25) is 0 Å². The van der Waals surface area contributed by atoms with Gasteiger partial charge in [-0.2, -0.15) is 0 Å². The maximum absolute atomic E-state index is 6.45. The summed E-state index contributed by atoms with van der Waals surface area (Å²) in [7, 11) is 0. The second-order valence-corrected chi connectivity index (χ2v) is 16.5. The lowest BCUT2D eigenvalue weighted by Gasteiger charge is -2.28. The minimum Gasteiger partial charge on any atom is -0.456 e. The average molecular weight is 831 g/mol. The molecular weight excluding hydrogens is 789 g/mol. The van der Waals surface area contributed by atoms with Crippen LogP contribution in [-0.4, -0.2) is 0 Å². The van der Waals surface area contributed by atoms with Gasteiger partial charge in [-0.25, -0.2) is 0 Å². The summed E-state index contributed by atoms with van der Waals surface area (Å²) in [4.78, 5) is 4.71. The molecule has 0 fully saturated rings. The molecule has 0 aliphatic carbocycles. The summed E-state index contributed by atoms with van der Waals surface area (Å²) < 4.78 is 6.45. The van der Waals surface area contributed by atoms with Crippen molar-refractivity contribution in [3.05, 3.63) is 255 Å². The Bertz CT molecular complexity index is 3530. The van der Waals surface area contributed by atoms with Crippen LogP contribution in [0.4, 0.5) is 34.1 Å². The molecule has 12 rings (SSSR count). The van der Waals surface area contributed by atoms with Crippen molar-refractivity contribution in [3.8, 4) is 33.4 Å². The molecule has 3 heteroatoms. The number of anilines is 6. The van der Waals surface area contributed by atoms with Crippen molar-refractivity contribution < 1.29 is 4.42 Å². The molecule has 0 saturated heterocycles. The maximum Gasteiger partial charge on any atom is 0.137 e. The number of hydrogen-bond acceptors (Lipinski definition) is 3. The molecule has 0 aliphatic rings. The van der Waals surface area contributed by atoms with E-state index < -0.39 is 0 Å². The number of rotatable bonds is 9. The fraction of sp³-hybridized carbons (Fsp3) is 0. The van der Waals surface area contributed by atoms with Gasteiger partial charge in [0.1, 0.15) is 11.2 Å². The van der Waals surface area contributed by atoms with E-state index in [9.17, 15) is 0 Å². The zero-order valence-corrected chi connectivity index (χ0v) is 35.6. The lowest BCUT2D eigenvalue weighted by atomic mass is 9.98. The van der Waals surface area contributed by atoms with Gasteiger partial charge in [0.15, 0.2) is 0 Å². The highest BCUT2D eigenvalue weighted by atomic mass is 16.3. The van der Waals surface area contributed by atoms with Crippen LogP contribution < -0.4 is 9.80 Å². The summed E-state index contributed by atoms with van der Waals surface area (Å²) in [6.07, 6.45) is 0. The van der Waals surface area contributed by atoms with Crippen LogP contribution in [-0.2, 0) is 0 Å². The molecule has 0 unspecified atom stereocenters. The van der Waals surface area contributed by atoms with Crippen LogP contribution in [0.3, 0.4) is 0 Å². The normalized spacial score (nSPS) is 11.4. The molecule has 3 nitrogen and oxygen atoms in total. The van der Waals surface area contributed by atoms with E-state index in [2.05, 4.69) is 252 Å². The van der Waals surface area contributed by atoms with Crippen LogP contribution in [0.1, 0.15) is 0 Å². The topological polar surface area (TPSA) is 19.6 Å². The Morgan fingerprint density at radius 2 is 0.615 bits per heavy atom. The Labute approximate surface area is 378 Å². The van der Waals surface area contributed by atoms with Crippen LogP contribution in [0.2, 0.25) is 0 Å². The quantitative estimate of drug-likeness (QED) is 0.135. The van der Waals surface area contributed by atoms with E-state index in [1.807, 2.05) is 12.1 Å². The average Bonchev–Trinajstić information content (AvgIpc) is 3.76. The zero-order valence-electron chi connectivity index (χ0n) is 35.6. The van der Waals surface area contributed by atoms with E-state index >= 15 is 0 Å². The van der Waals surface area contributed by atoms with Gasteiger partial charge in [0.05, 0.1) is 5.69 Å². The predicted octanol–water partition coefficient (Wildman–Crippen LogP) is 17.8. The van der Waals surface area contributed by atoms with Crippen molar-refractivity contribution in [1.82, 2.24) is 0 Å². The summed E-state index contributed by atoms with van der Waals surface area (Å²) in [6.45, 7) is 0. The van der Waals surface area contributed by atoms with Crippen LogP contribution in [0.15, 0.2) is 259 Å². The van der Waals surface area contributed by atoms with E-state index in [0.717, 1.165) is 67.2 Å². The number of para-hydroxylation sites is 1. The lowest BCUT2D eigenvalue weighted by molar-refractivity contribution is 0.669. The number of hydrogen-bond donors (Lipinski definition) is 0. The molecule has 0 N–H and O–H groups in total. The summed E-state index contributed by atoms with van der Waals surface area (Å²) in [5.41, 5.74) is 15.3. The molecule has 11 aromatic carbocycles. The van der Waals surface area contributed by atoms with E-state index in [0.29, 0.717) is 0 Å². The van der Waals surface area contributed by atoms with Crippen LogP contribution in [0.5, 0.6) is 0 Å². The van der Waals surface area contributed by atoms with Gasteiger partial charge in [0.25, 0.3) is 0 Å². The lowest BCUT2D eigenvalue weighted by Crippen LogP contribution is -2.10. The molecule has 1 aromatic heterocycles. The molecule has 65 heavy (non-hydrogen) atoms. The molecule has 1 heterocycles. The smallest absolute Gasteiger partial charge is 0.137 e. The van der Waals surface area contributed by atoms with Crippen molar-refractivity contribution in [2.45, 2.75) is 0 Å². The van der Waals surface area contributed by atoms with Gasteiger partial charge in [-0.05, 0) is 122 Å². The second kappa shape index (κ2) is 16.2.